The number of anilines is 2. The zero-order chi connectivity index (χ0) is 18.7. The van der Waals surface area contributed by atoms with E-state index >= 15 is 0 Å². The van der Waals surface area contributed by atoms with E-state index in [1.807, 2.05) is 31.2 Å². The van der Waals surface area contributed by atoms with Gasteiger partial charge in [-0.25, -0.2) is 9.48 Å². The predicted molar refractivity (Wildman–Crippen MR) is 101 cm³/mol. The lowest BCUT2D eigenvalue weighted by Crippen LogP contribution is -2.08. The fourth-order valence-electron chi connectivity index (χ4n) is 2.57. The van der Waals surface area contributed by atoms with E-state index in [1.165, 1.54) is 7.11 Å². The third kappa shape index (κ3) is 3.50. The van der Waals surface area contributed by atoms with Gasteiger partial charge in [-0.05, 0) is 37.3 Å². The highest BCUT2D eigenvalue weighted by molar-refractivity contribution is 6.32. The first kappa shape index (κ1) is 17.8. The zero-order valence-electron chi connectivity index (χ0n) is 14.6. The molecule has 0 aliphatic rings. The Morgan fingerprint density at radius 3 is 2.62 bits per heavy atom. The van der Waals surface area contributed by atoms with E-state index in [0.29, 0.717) is 27.8 Å². The average Bonchev–Trinajstić information content (AvgIpc) is 3.01. The number of carbonyl (C=O) groups excluding carboxylic acids is 1. The maximum Gasteiger partial charge on any atom is 0.340 e. The summed E-state index contributed by atoms with van der Waals surface area (Å²) < 4.78 is 11.8. The molecule has 3 aromatic rings. The van der Waals surface area contributed by atoms with E-state index in [2.05, 4.69) is 10.4 Å². The van der Waals surface area contributed by atoms with Gasteiger partial charge in [0, 0.05) is 6.07 Å². The van der Waals surface area contributed by atoms with Crippen LogP contribution in [0.1, 0.15) is 16.1 Å². The smallest absolute Gasteiger partial charge is 0.340 e. The Morgan fingerprint density at radius 2 is 1.92 bits per heavy atom. The van der Waals surface area contributed by atoms with Crippen molar-refractivity contribution in [3.05, 3.63) is 64.8 Å². The fraction of sp³-hybridized carbons (Fsp3) is 0.158. The number of methoxy groups -OCH3 is 2. The number of hydrogen-bond donors (Lipinski definition) is 1. The lowest BCUT2D eigenvalue weighted by atomic mass is 10.1. The van der Waals surface area contributed by atoms with E-state index < -0.39 is 5.97 Å². The maximum absolute atomic E-state index is 12.1. The van der Waals surface area contributed by atoms with E-state index in [1.54, 1.807) is 36.1 Å². The van der Waals surface area contributed by atoms with Gasteiger partial charge in [0.1, 0.15) is 11.6 Å². The van der Waals surface area contributed by atoms with Gasteiger partial charge in [0.15, 0.2) is 0 Å². The normalized spacial score (nSPS) is 10.5. The third-order valence-electron chi connectivity index (χ3n) is 3.81. The molecule has 0 spiro atoms. The molecular weight excluding hydrogens is 354 g/mol. The number of carbonyl (C=O) groups is 1. The summed E-state index contributed by atoms with van der Waals surface area (Å²) in [6.07, 6.45) is 0. The summed E-state index contributed by atoms with van der Waals surface area (Å²) in [7, 11) is 2.88. The first-order valence-electron chi connectivity index (χ1n) is 7.88. The standard InChI is InChI=1S/C19H18ClN3O3/c1-12-10-18(23(22-12)17-7-5-4-6-15(17)20)21-16-9-8-13(25-2)11-14(16)19(24)26-3/h4-11,21H,1-3H3. The molecule has 0 saturated heterocycles. The van der Waals surface area contributed by atoms with Crippen molar-refractivity contribution in [3.8, 4) is 11.4 Å². The van der Waals surface area contributed by atoms with Gasteiger partial charge in [-0.3, -0.25) is 0 Å². The molecule has 1 N–H and O–H groups in total. The second kappa shape index (κ2) is 7.49. The minimum atomic E-state index is -0.466. The Hall–Kier alpha value is -2.99. The van der Waals surface area contributed by atoms with Gasteiger partial charge >= 0.3 is 5.97 Å². The molecule has 7 heteroatoms. The summed E-state index contributed by atoms with van der Waals surface area (Å²) >= 11 is 6.31. The quantitative estimate of drug-likeness (QED) is 0.674. The third-order valence-corrected chi connectivity index (χ3v) is 4.13. The monoisotopic (exact) mass is 371 g/mol. The molecule has 0 radical (unpaired) electrons. The summed E-state index contributed by atoms with van der Waals surface area (Å²) in [4.78, 5) is 12.1. The molecule has 2 aromatic carbocycles. The Kier molecular flexibility index (Phi) is 5.14. The van der Waals surface area contributed by atoms with Crippen LogP contribution in [0.2, 0.25) is 5.02 Å². The van der Waals surface area contributed by atoms with Gasteiger partial charge in [0.2, 0.25) is 0 Å². The topological polar surface area (TPSA) is 65.4 Å². The Bertz CT molecular complexity index is 953. The second-order valence-corrected chi connectivity index (χ2v) is 5.97. The molecule has 0 aliphatic carbocycles. The molecule has 0 amide bonds. The number of hydrogen-bond acceptors (Lipinski definition) is 5. The first-order valence-corrected chi connectivity index (χ1v) is 8.26. The van der Waals surface area contributed by atoms with Gasteiger partial charge < -0.3 is 14.8 Å². The van der Waals surface area contributed by atoms with Crippen LogP contribution in [0, 0.1) is 6.92 Å². The number of para-hydroxylation sites is 1. The number of nitrogens with zero attached hydrogens (tertiary/aromatic N) is 2. The minimum absolute atomic E-state index is 0.358. The van der Waals surface area contributed by atoms with E-state index in [0.717, 1.165) is 11.4 Å². The molecule has 0 saturated carbocycles. The Balaban J connectivity index is 2.06. The first-order chi connectivity index (χ1) is 12.5. The molecule has 1 heterocycles. The highest BCUT2D eigenvalue weighted by Crippen LogP contribution is 2.29. The number of aromatic nitrogens is 2. The van der Waals surface area contributed by atoms with Crippen LogP contribution >= 0.6 is 11.6 Å². The van der Waals surface area contributed by atoms with Crippen molar-refractivity contribution >= 4 is 29.1 Å². The molecule has 6 nitrogen and oxygen atoms in total. The fourth-order valence-corrected chi connectivity index (χ4v) is 2.79. The van der Waals surface area contributed by atoms with Gasteiger partial charge in [0.05, 0.1) is 41.9 Å². The molecule has 3 rings (SSSR count). The van der Waals surface area contributed by atoms with Gasteiger partial charge in [-0.2, -0.15) is 5.10 Å². The molecule has 1 aromatic heterocycles. The summed E-state index contributed by atoms with van der Waals surface area (Å²) in [5.41, 5.74) is 2.47. The van der Waals surface area contributed by atoms with Gasteiger partial charge in [-0.15, -0.1) is 0 Å². The molecule has 0 unspecified atom stereocenters. The highest BCUT2D eigenvalue weighted by atomic mass is 35.5. The van der Waals surface area contributed by atoms with Crippen molar-refractivity contribution in [3.63, 3.8) is 0 Å². The number of nitrogens with one attached hydrogen (secondary N) is 1. The van der Waals surface area contributed by atoms with Crippen molar-refractivity contribution < 1.29 is 14.3 Å². The van der Waals surface area contributed by atoms with E-state index in [-0.39, 0.29) is 0 Å². The van der Waals surface area contributed by atoms with E-state index in [9.17, 15) is 4.79 Å². The van der Waals surface area contributed by atoms with Crippen LogP contribution in [0.15, 0.2) is 48.5 Å². The summed E-state index contributed by atoms with van der Waals surface area (Å²) in [6, 6.07) is 14.4. The van der Waals surface area contributed by atoms with Crippen molar-refractivity contribution in [2.45, 2.75) is 6.92 Å². The van der Waals surface area contributed by atoms with Crippen LogP contribution in [0.3, 0.4) is 0 Å². The number of benzene rings is 2. The van der Waals surface area contributed by atoms with Crippen LogP contribution in [0.5, 0.6) is 5.75 Å². The maximum atomic E-state index is 12.1. The van der Waals surface area contributed by atoms with Crippen LogP contribution in [0.4, 0.5) is 11.5 Å². The van der Waals surface area contributed by atoms with Crippen LogP contribution in [0.25, 0.3) is 5.69 Å². The average molecular weight is 372 g/mol. The van der Waals surface area contributed by atoms with Crippen molar-refractivity contribution in [2.24, 2.45) is 0 Å². The number of rotatable bonds is 5. The van der Waals surface area contributed by atoms with Crippen LogP contribution < -0.4 is 10.1 Å². The van der Waals surface area contributed by atoms with E-state index in [4.69, 9.17) is 21.1 Å². The SMILES string of the molecule is COC(=O)c1cc(OC)ccc1Nc1cc(C)nn1-c1ccccc1Cl. The second-order valence-electron chi connectivity index (χ2n) is 5.56. The molecule has 0 aliphatic heterocycles. The summed E-state index contributed by atoms with van der Waals surface area (Å²) in [6.45, 7) is 1.88. The van der Waals surface area contributed by atoms with Crippen LogP contribution in [-0.2, 0) is 4.74 Å². The van der Waals surface area contributed by atoms with Crippen molar-refractivity contribution in [1.29, 1.82) is 0 Å². The summed E-state index contributed by atoms with van der Waals surface area (Å²) in [5.74, 6) is 0.768. The highest BCUT2D eigenvalue weighted by Gasteiger charge is 2.16. The Labute approximate surface area is 156 Å². The minimum Gasteiger partial charge on any atom is -0.497 e. The predicted octanol–water partition coefficient (Wildman–Crippen LogP) is 4.37. The number of esters is 1. The largest absolute Gasteiger partial charge is 0.497 e. The molecule has 134 valence electrons. The number of aryl methyl sites for hydroxylation is 1. The van der Waals surface area contributed by atoms with Gasteiger partial charge in [-0.1, -0.05) is 23.7 Å². The molecule has 0 atom stereocenters. The number of halogens is 1. The van der Waals surface area contributed by atoms with Crippen molar-refractivity contribution in [2.75, 3.05) is 19.5 Å². The number of ether oxygens (including phenoxy) is 2. The van der Waals surface area contributed by atoms with Crippen LogP contribution in [-0.4, -0.2) is 30.0 Å². The molecule has 26 heavy (non-hydrogen) atoms. The summed E-state index contributed by atoms with van der Waals surface area (Å²) in [5, 5.41) is 8.31. The van der Waals surface area contributed by atoms with Gasteiger partial charge in [0.25, 0.3) is 0 Å². The lowest BCUT2D eigenvalue weighted by molar-refractivity contribution is 0.0601. The lowest BCUT2D eigenvalue weighted by Gasteiger charge is -2.14. The molecule has 0 fully saturated rings. The Morgan fingerprint density at radius 1 is 1.15 bits per heavy atom. The van der Waals surface area contributed by atoms with Crippen molar-refractivity contribution in [1.82, 2.24) is 9.78 Å². The molecular formula is C19H18ClN3O3. The molecule has 0 bridgehead atoms. The zero-order valence-corrected chi connectivity index (χ0v) is 15.4.